The highest BCUT2D eigenvalue weighted by Crippen LogP contribution is 2.23. The summed E-state index contributed by atoms with van der Waals surface area (Å²) in [5.41, 5.74) is -1.20. The molecule has 0 spiro atoms. The van der Waals surface area contributed by atoms with E-state index < -0.39 is 24.1 Å². The van der Waals surface area contributed by atoms with Gasteiger partial charge in [-0.2, -0.15) is 0 Å². The van der Waals surface area contributed by atoms with Crippen molar-refractivity contribution in [3.05, 3.63) is 45.6 Å². The lowest BCUT2D eigenvalue weighted by Gasteiger charge is -2.19. The highest BCUT2D eigenvalue weighted by molar-refractivity contribution is 6.07. The number of aromatic nitrogens is 3. The van der Waals surface area contributed by atoms with E-state index in [1.165, 1.54) is 23.7 Å². The van der Waals surface area contributed by atoms with Crippen LogP contribution < -0.4 is 5.56 Å². The Morgan fingerprint density at radius 1 is 1.27 bits per heavy atom. The number of ether oxygens (including phenoxy) is 1. The second-order valence-electron chi connectivity index (χ2n) is 7.19. The zero-order valence-electron chi connectivity index (χ0n) is 18.2. The highest BCUT2D eigenvalue weighted by Gasteiger charge is 2.25. The smallest absolute Gasteiger partial charge is 0.361 e. The Morgan fingerprint density at radius 3 is 2.54 bits per heavy atom. The Hall–Kier alpha value is -2.96. The van der Waals surface area contributed by atoms with Gasteiger partial charge in [0.1, 0.15) is 11.9 Å². The first-order chi connectivity index (χ1) is 13.2. The number of fused-ring (bicyclic) bond motifs is 3. The first kappa shape index (κ1) is 14.2. The average molecular weight is 358 g/mol. The molecular formula is C19H21N3O4. The molecule has 0 aliphatic carbocycles. The third kappa shape index (κ3) is 2.79. The zero-order chi connectivity index (χ0) is 21.9. The van der Waals surface area contributed by atoms with Crippen molar-refractivity contribution in [3.63, 3.8) is 0 Å². The van der Waals surface area contributed by atoms with Gasteiger partial charge in [-0.05, 0) is 52.3 Å². The molecule has 0 bridgehead atoms. The summed E-state index contributed by atoms with van der Waals surface area (Å²) in [7, 11) is 0. The molecule has 1 aromatic carbocycles. The molecule has 2 heterocycles. The average Bonchev–Trinajstić information content (AvgIpc) is 2.95. The Bertz CT molecular complexity index is 1230. The van der Waals surface area contributed by atoms with Crippen molar-refractivity contribution in [1.82, 2.24) is 14.0 Å². The lowest BCUT2D eigenvalue weighted by molar-refractivity contribution is 0.00652. The predicted octanol–water partition coefficient (Wildman–Crippen LogP) is 2.65. The summed E-state index contributed by atoms with van der Waals surface area (Å²) < 4.78 is 30.7. The largest absolute Gasteiger partial charge is 0.455 e. The summed E-state index contributed by atoms with van der Waals surface area (Å²) in [6, 6.07) is 3.12. The van der Waals surface area contributed by atoms with Crippen molar-refractivity contribution in [2.75, 3.05) is 0 Å². The summed E-state index contributed by atoms with van der Waals surface area (Å²) in [6.07, 6.45) is 1.22. The van der Waals surface area contributed by atoms with Crippen LogP contribution >= 0.6 is 0 Å². The summed E-state index contributed by atoms with van der Waals surface area (Å²) in [4.78, 5) is 42.1. The molecule has 2 aromatic heterocycles. The molecule has 7 nitrogen and oxygen atoms in total. The number of imidazole rings is 1. The van der Waals surface area contributed by atoms with Gasteiger partial charge in [0.15, 0.2) is 17.1 Å². The molecule has 26 heavy (non-hydrogen) atoms. The molecule has 0 fully saturated rings. The van der Waals surface area contributed by atoms with Gasteiger partial charge in [0, 0.05) is 16.7 Å². The standard InChI is InChI=1S/C19H21N3O4/c1-10-7-12(11(2)23)15-13(8-10)17(24)21(6)16-14(20-9-22(15)16)18(25)26-19(3,4)5/h7-9H,1-6H3/i6D3. The van der Waals surface area contributed by atoms with E-state index in [9.17, 15) is 14.4 Å². The van der Waals surface area contributed by atoms with Crippen LogP contribution in [-0.2, 0) is 11.7 Å². The minimum absolute atomic E-state index is 0.0481. The molecule has 136 valence electrons. The summed E-state index contributed by atoms with van der Waals surface area (Å²) >= 11 is 0. The first-order valence-electron chi connectivity index (χ1n) is 9.53. The number of esters is 1. The number of nitrogens with zero attached hydrogens (tertiary/aromatic N) is 3. The third-order valence-corrected chi connectivity index (χ3v) is 3.85. The number of carbonyl (C=O) groups excluding carboxylic acids is 2. The monoisotopic (exact) mass is 358 g/mol. The number of ketones is 1. The maximum atomic E-state index is 13.2. The Morgan fingerprint density at radius 2 is 1.96 bits per heavy atom. The van der Waals surface area contributed by atoms with Crippen LogP contribution in [0, 0.1) is 6.92 Å². The molecule has 0 saturated heterocycles. The van der Waals surface area contributed by atoms with Crippen molar-refractivity contribution >= 4 is 28.3 Å². The van der Waals surface area contributed by atoms with E-state index in [-0.39, 0.29) is 33.6 Å². The van der Waals surface area contributed by atoms with E-state index in [1.54, 1.807) is 33.8 Å². The summed E-state index contributed by atoms with van der Waals surface area (Å²) in [5, 5.41) is 0.0481. The topological polar surface area (TPSA) is 82.7 Å². The molecule has 0 saturated carbocycles. The van der Waals surface area contributed by atoms with E-state index in [0.717, 1.165) is 0 Å². The molecule has 0 aliphatic heterocycles. The fourth-order valence-electron chi connectivity index (χ4n) is 2.88. The zero-order valence-corrected chi connectivity index (χ0v) is 15.2. The van der Waals surface area contributed by atoms with Gasteiger partial charge in [0.05, 0.1) is 10.9 Å². The van der Waals surface area contributed by atoms with Gasteiger partial charge in [0.25, 0.3) is 5.56 Å². The molecule has 0 atom stereocenters. The maximum Gasteiger partial charge on any atom is 0.361 e. The van der Waals surface area contributed by atoms with E-state index in [4.69, 9.17) is 8.85 Å². The number of aryl methyl sites for hydroxylation is 2. The van der Waals surface area contributed by atoms with Crippen molar-refractivity contribution in [1.29, 1.82) is 0 Å². The molecule has 0 aliphatic rings. The number of hydrogen-bond acceptors (Lipinski definition) is 5. The number of benzene rings is 1. The van der Waals surface area contributed by atoms with Crippen LogP contribution in [0.3, 0.4) is 0 Å². The molecule has 3 aromatic rings. The van der Waals surface area contributed by atoms with Crippen LogP contribution in [0.5, 0.6) is 0 Å². The summed E-state index contributed by atoms with van der Waals surface area (Å²) in [6.45, 7) is 5.14. The molecule has 0 amide bonds. The number of rotatable bonds is 2. The van der Waals surface area contributed by atoms with Crippen LogP contribution in [0.4, 0.5) is 0 Å². The molecule has 7 heteroatoms. The molecule has 3 rings (SSSR count). The van der Waals surface area contributed by atoms with Crippen LogP contribution in [-0.4, -0.2) is 31.3 Å². The normalized spacial score (nSPS) is 14.1. The maximum absolute atomic E-state index is 13.2. The van der Waals surface area contributed by atoms with E-state index >= 15 is 0 Å². The van der Waals surface area contributed by atoms with E-state index in [2.05, 4.69) is 4.98 Å². The quantitative estimate of drug-likeness (QED) is 0.519. The second-order valence-corrected chi connectivity index (χ2v) is 7.19. The Kier molecular flexibility index (Phi) is 3.17. The minimum atomic E-state index is -2.89. The summed E-state index contributed by atoms with van der Waals surface area (Å²) in [5.74, 6) is -1.17. The van der Waals surface area contributed by atoms with Gasteiger partial charge in [-0.15, -0.1) is 0 Å². The molecule has 0 N–H and O–H groups in total. The van der Waals surface area contributed by atoms with Crippen molar-refractivity contribution in [3.8, 4) is 0 Å². The van der Waals surface area contributed by atoms with Gasteiger partial charge in [-0.3, -0.25) is 18.6 Å². The fraction of sp³-hybridized carbons (Fsp3) is 0.368. The highest BCUT2D eigenvalue weighted by atomic mass is 16.6. The van der Waals surface area contributed by atoms with E-state index in [1.807, 2.05) is 0 Å². The number of carbonyl (C=O) groups is 2. The van der Waals surface area contributed by atoms with Crippen LogP contribution in [0.25, 0.3) is 16.6 Å². The Labute approximate surface area is 154 Å². The van der Waals surface area contributed by atoms with Crippen LogP contribution in [0.1, 0.15) is 58.2 Å². The Balaban J connectivity index is 2.57. The third-order valence-electron chi connectivity index (χ3n) is 3.85. The van der Waals surface area contributed by atoms with Gasteiger partial charge in [-0.1, -0.05) is 0 Å². The minimum Gasteiger partial charge on any atom is -0.455 e. The van der Waals surface area contributed by atoms with Crippen molar-refractivity contribution in [2.45, 2.75) is 40.2 Å². The lowest BCUT2D eigenvalue weighted by Crippen LogP contribution is -2.26. The SMILES string of the molecule is [2H]C([2H])([2H])n1c(=O)c2cc(C)cc(C(C)=O)c2n2cnc(C(=O)OC(C)(C)C)c12. The van der Waals surface area contributed by atoms with Gasteiger partial charge in [-0.25, -0.2) is 9.78 Å². The fourth-order valence-corrected chi connectivity index (χ4v) is 2.88. The van der Waals surface area contributed by atoms with Gasteiger partial charge < -0.3 is 4.74 Å². The number of Topliss-reactive ketones (excluding diaryl/α,β-unsaturated/α-hetero) is 1. The van der Waals surface area contributed by atoms with Crippen molar-refractivity contribution < 1.29 is 18.4 Å². The van der Waals surface area contributed by atoms with Gasteiger partial charge in [0.2, 0.25) is 0 Å². The van der Waals surface area contributed by atoms with Crippen LogP contribution in [0.2, 0.25) is 0 Å². The number of hydrogen-bond donors (Lipinski definition) is 0. The van der Waals surface area contributed by atoms with E-state index in [0.29, 0.717) is 10.1 Å². The second kappa shape index (κ2) is 5.79. The molecular weight excluding hydrogens is 334 g/mol. The first-order valence-corrected chi connectivity index (χ1v) is 8.03. The molecule has 0 unspecified atom stereocenters. The van der Waals surface area contributed by atoms with Gasteiger partial charge >= 0.3 is 5.97 Å². The van der Waals surface area contributed by atoms with Crippen molar-refractivity contribution in [2.24, 2.45) is 6.98 Å². The predicted molar refractivity (Wildman–Crippen MR) is 97.8 cm³/mol. The molecule has 0 radical (unpaired) electrons. The lowest BCUT2D eigenvalue weighted by atomic mass is 10.0. The van der Waals surface area contributed by atoms with Crippen LogP contribution in [0.15, 0.2) is 23.3 Å².